The average Bonchev–Trinajstić information content (AvgIpc) is 2.91. The third-order valence-corrected chi connectivity index (χ3v) is 3.00. The summed E-state index contributed by atoms with van der Waals surface area (Å²) in [5, 5.41) is 7.91. The predicted octanol–water partition coefficient (Wildman–Crippen LogP) is 0.759. The molecule has 0 aromatic carbocycles. The molecule has 5 heteroatoms. The van der Waals surface area contributed by atoms with E-state index in [0.29, 0.717) is 13.1 Å². The number of hydrogen-bond donors (Lipinski definition) is 2. The highest BCUT2D eigenvalue weighted by Gasteiger charge is 2.20. The second-order valence-corrected chi connectivity index (χ2v) is 4.55. The lowest BCUT2D eigenvalue weighted by atomic mass is 10.4. The van der Waals surface area contributed by atoms with E-state index in [1.165, 1.54) is 12.8 Å². The van der Waals surface area contributed by atoms with Crippen LogP contribution < -0.4 is 10.6 Å². The van der Waals surface area contributed by atoms with Gasteiger partial charge in [0.05, 0.1) is 24.3 Å². The Morgan fingerprint density at radius 3 is 3.13 bits per heavy atom. The standard InChI is InChI=1S/C10H15N3OS/c14-10(5-11-3-8-1-2-8)12-4-9-6-15-7-13-9/h6-8,11H,1-5H2,(H,12,14). The second-order valence-electron chi connectivity index (χ2n) is 3.83. The Kier molecular flexibility index (Phi) is 3.69. The van der Waals surface area contributed by atoms with Gasteiger partial charge in [-0.15, -0.1) is 11.3 Å². The maximum Gasteiger partial charge on any atom is 0.234 e. The lowest BCUT2D eigenvalue weighted by Crippen LogP contribution is -2.34. The summed E-state index contributed by atoms with van der Waals surface area (Å²) < 4.78 is 0. The first-order valence-corrected chi connectivity index (χ1v) is 6.13. The molecular weight excluding hydrogens is 210 g/mol. The van der Waals surface area contributed by atoms with Gasteiger partial charge in [0.1, 0.15) is 0 Å². The SMILES string of the molecule is O=C(CNCC1CC1)NCc1cscn1. The molecule has 2 N–H and O–H groups in total. The molecule has 1 fully saturated rings. The van der Waals surface area contributed by atoms with Gasteiger partial charge in [-0.3, -0.25) is 4.79 Å². The van der Waals surface area contributed by atoms with Crippen LogP contribution in [0.4, 0.5) is 0 Å². The molecule has 4 nitrogen and oxygen atoms in total. The molecule has 0 radical (unpaired) electrons. The first-order valence-electron chi connectivity index (χ1n) is 5.19. The normalized spacial score (nSPS) is 15.2. The Labute approximate surface area is 93.1 Å². The first-order chi connectivity index (χ1) is 7.34. The molecule has 1 aromatic rings. The lowest BCUT2D eigenvalue weighted by Gasteiger charge is -2.04. The second kappa shape index (κ2) is 5.23. The van der Waals surface area contributed by atoms with E-state index in [-0.39, 0.29) is 5.91 Å². The predicted molar refractivity (Wildman–Crippen MR) is 59.6 cm³/mol. The summed E-state index contributed by atoms with van der Waals surface area (Å²) in [4.78, 5) is 15.4. The molecule has 1 aromatic heterocycles. The molecular formula is C10H15N3OS. The third kappa shape index (κ3) is 3.97. The Bertz CT molecular complexity index is 308. The fourth-order valence-corrected chi connectivity index (χ4v) is 1.85. The quantitative estimate of drug-likeness (QED) is 0.751. The number of thiazole rings is 1. The maximum absolute atomic E-state index is 11.3. The number of carbonyl (C=O) groups is 1. The van der Waals surface area contributed by atoms with Gasteiger partial charge in [0, 0.05) is 5.38 Å². The van der Waals surface area contributed by atoms with E-state index in [9.17, 15) is 4.79 Å². The minimum atomic E-state index is 0.0450. The summed E-state index contributed by atoms with van der Waals surface area (Å²) in [6.07, 6.45) is 2.63. The van der Waals surface area contributed by atoms with E-state index in [1.807, 2.05) is 5.38 Å². The molecule has 2 rings (SSSR count). The number of aromatic nitrogens is 1. The number of nitrogens with zero attached hydrogens (tertiary/aromatic N) is 1. The van der Waals surface area contributed by atoms with E-state index in [0.717, 1.165) is 18.2 Å². The summed E-state index contributed by atoms with van der Waals surface area (Å²) in [6.45, 7) is 1.93. The van der Waals surface area contributed by atoms with Gasteiger partial charge < -0.3 is 10.6 Å². The minimum absolute atomic E-state index is 0.0450. The van der Waals surface area contributed by atoms with Crippen molar-refractivity contribution in [2.24, 2.45) is 5.92 Å². The van der Waals surface area contributed by atoms with Crippen molar-refractivity contribution in [1.29, 1.82) is 0 Å². The van der Waals surface area contributed by atoms with Crippen LogP contribution in [-0.4, -0.2) is 24.0 Å². The Morgan fingerprint density at radius 2 is 2.47 bits per heavy atom. The topological polar surface area (TPSA) is 54.0 Å². The van der Waals surface area contributed by atoms with Crippen molar-refractivity contribution in [2.75, 3.05) is 13.1 Å². The molecule has 82 valence electrons. The van der Waals surface area contributed by atoms with E-state index in [1.54, 1.807) is 16.8 Å². The van der Waals surface area contributed by atoms with Crippen LogP contribution in [0.2, 0.25) is 0 Å². The van der Waals surface area contributed by atoms with Crippen LogP contribution in [-0.2, 0) is 11.3 Å². The number of nitrogens with one attached hydrogen (secondary N) is 2. The van der Waals surface area contributed by atoms with Gasteiger partial charge in [-0.1, -0.05) is 0 Å². The van der Waals surface area contributed by atoms with Crippen LogP contribution in [0.15, 0.2) is 10.9 Å². The lowest BCUT2D eigenvalue weighted by molar-refractivity contribution is -0.120. The fraction of sp³-hybridized carbons (Fsp3) is 0.600. The Balaban J connectivity index is 1.55. The minimum Gasteiger partial charge on any atom is -0.349 e. The number of carbonyl (C=O) groups excluding carboxylic acids is 1. The van der Waals surface area contributed by atoms with Gasteiger partial charge in [0.25, 0.3) is 0 Å². The highest BCUT2D eigenvalue weighted by Crippen LogP contribution is 2.27. The van der Waals surface area contributed by atoms with Crippen LogP contribution in [0.3, 0.4) is 0 Å². The largest absolute Gasteiger partial charge is 0.349 e. The summed E-state index contributed by atoms with van der Waals surface area (Å²) in [7, 11) is 0. The molecule has 0 aliphatic heterocycles. The van der Waals surface area contributed by atoms with Gasteiger partial charge in [-0.25, -0.2) is 4.98 Å². The van der Waals surface area contributed by atoms with Crippen LogP contribution >= 0.6 is 11.3 Å². The third-order valence-electron chi connectivity index (χ3n) is 2.37. The van der Waals surface area contributed by atoms with Crippen molar-refractivity contribution < 1.29 is 4.79 Å². The van der Waals surface area contributed by atoms with E-state index in [4.69, 9.17) is 0 Å². The number of hydrogen-bond acceptors (Lipinski definition) is 4. The molecule has 1 amide bonds. The zero-order valence-corrected chi connectivity index (χ0v) is 9.35. The molecule has 0 atom stereocenters. The van der Waals surface area contributed by atoms with Crippen molar-refractivity contribution in [1.82, 2.24) is 15.6 Å². The van der Waals surface area contributed by atoms with E-state index < -0.39 is 0 Å². The maximum atomic E-state index is 11.3. The molecule has 1 aliphatic rings. The highest BCUT2D eigenvalue weighted by molar-refractivity contribution is 7.07. The van der Waals surface area contributed by atoms with Gasteiger partial charge in [0.15, 0.2) is 0 Å². The van der Waals surface area contributed by atoms with Crippen molar-refractivity contribution in [3.8, 4) is 0 Å². The molecule has 0 unspecified atom stereocenters. The summed E-state index contributed by atoms with van der Waals surface area (Å²) in [5.41, 5.74) is 2.70. The van der Waals surface area contributed by atoms with Gasteiger partial charge in [-0.05, 0) is 25.3 Å². The summed E-state index contributed by atoms with van der Waals surface area (Å²) >= 11 is 1.54. The van der Waals surface area contributed by atoms with Gasteiger partial charge >= 0.3 is 0 Å². The Morgan fingerprint density at radius 1 is 1.60 bits per heavy atom. The van der Waals surface area contributed by atoms with Crippen LogP contribution in [0.1, 0.15) is 18.5 Å². The zero-order valence-electron chi connectivity index (χ0n) is 8.53. The van der Waals surface area contributed by atoms with Crippen LogP contribution in [0.5, 0.6) is 0 Å². The van der Waals surface area contributed by atoms with Crippen molar-refractivity contribution >= 4 is 17.2 Å². The summed E-state index contributed by atoms with van der Waals surface area (Å²) in [5.74, 6) is 0.861. The molecule has 1 saturated carbocycles. The smallest absolute Gasteiger partial charge is 0.234 e. The van der Waals surface area contributed by atoms with Gasteiger partial charge in [0.2, 0.25) is 5.91 Å². The van der Waals surface area contributed by atoms with Crippen molar-refractivity contribution in [3.63, 3.8) is 0 Å². The van der Waals surface area contributed by atoms with Crippen LogP contribution in [0.25, 0.3) is 0 Å². The average molecular weight is 225 g/mol. The highest BCUT2D eigenvalue weighted by atomic mass is 32.1. The zero-order chi connectivity index (χ0) is 10.5. The van der Waals surface area contributed by atoms with Crippen molar-refractivity contribution in [2.45, 2.75) is 19.4 Å². The Hall–Kier alpha value is -0.940. The first kappa shape index (κ1) is 10.6. The molecule has 15 heavy (non-hydrogen) atoms. The molecule has 0 bridgehead atoms. The van der Waals surface area contributed by atoms with Gasteiger partial charge in [-0.2, -0.15) is 0 Å². The fourth-order valence-electron chi connectivity index (χ4n) is 1.29. The molecule has 1 heterocycles. The number of rotatable bonds is 6. The summed E-state index contributed by atoms with van der Waals surface area (Å²) in [6, 6.07) is 0. The van der Waals surface area contributed by atoms with Crippen molar-refractivity contribution in [3.05, 3.63) is 16.6 Å². The number of amides is 1. The van der Waals surface area contributed by atoms with E-state index >= 15 is 0 Å². The molecule has 0 saturated heterocycles. The van der Waals surface area contributed by atoms with Crippen LogP contribution in [0, 0.1) is 5.92 Å². The monoisotopic (exact) mass is 225 g/mol. The molecule has 0 spiro atoms. The molecule has 1 aliphatic carbocycles. The van der Waals surface area contributed by atoms with E-state index in [2.05, 4.69) is 15.6 Å².